The summed E-state index contributed by atoms with van der Waals surface area (Å²) < 4.78 is 0. The van der Waals surface area contributed by atoms with E-state index in [-0.39, 0.29) is 0 Å². The molecule has 2 aromatic rings. The summed E-state index contributed by atoms with van der Waals surface area (Å²) in [5, 5.41) is 0. The molecule has 0 amide bonds. The Morgan fingerprint density at radius 3 is 2.81 bits per heavy atom. The first-order valence-corrected chi connectivity index (χ1v) is 5.56. The molecule has 5 nitrogen and oxygen atoms in total. The molecule has 16 heavy (non-hydrogen) atoms. The Hall–Kier alpha value is -1.62. The van der Waals surface area contributed by atoms with Gasteiger partial charge in [-0.3, -0.25) is 0 Å². The number of piperazine rings is 1. The third kappa shape index (κ3) is 1.63. The van der Waals surface area contributed by atoms with Crippen molar-refractivity contribution in [1.82, 2.24) is 19.9 Å². The van der Waals surface area contributed by atoms with E-state index in [2.05, 4.69) is 37.9 Å². The molecule has 0 aliphatic carbocycles. The predicted molar refractivity (Wildman–Crippen MR) is 63.6 cm³/mol. The van der Waals surface area contributed by atoms with E-state index < -0.39 is 0 Å². The van der Waals surface area contributed by atoms with Crippen LogP contribution in [-0.2, 0) is 0 Å². The van der Waals surface area contributed by atoms with E-state index in [0.717, 1.165) is 43.2 Å². The number of anilines is 1. The summed E-state index contributed by atoms with van der Waals surface area (Å²) in [6.07, 6.45) is 1.69. The minimum Gasteiger partial charge on any atom is -0.354 e. The van der Waals surface area contributed by atoms with Gasteiger partial charge >= 0.3 is 0 Å². The van der Waals surface area contributed by atoms with Crippen LogP contribution in [0.4, 0.5) is 5.82 Å². The van der Waals surface area contributed by atoms with E-state index >= 15 is 0 Å². The van der Waals surface area contributed by atoms with Gasteiger partial charge in [-0.1, -0.05) is 0 Å². The first-order valence-electron chi connectivity index (χ1n) is 5.56. The lowest BCUT2D eigenvalue weighted by Gasteiger charge is -2.33. The second kappa shape index (κ2) is 3.75. The van der Waals surface area contributed by atoms with Crippen LogP contribution in [0, 0.1) is 0 Å². The minimum atomic E-state index is 0.802. The Morgan fingerprint density at radius 2 is 2.00 bits per heavy atom. The van der Waals surface area contributed by atoms with Crippen LogP contribution < -0.4 is 4.90 Å². The van der Waals surface area contributed by atoms with Crippen molar-refractivity contribution in [2.75, 3.05) is 38.1 Å². The standard InChI is InChI=1S/C11H15N5/c1-15-4-6-16(7-5-15)10-3-2-9-11(14-10)13-8-12-9/h2-3,8H,4-7H2,1H3,(H,12,13,14). The van der Waals surface area contributed by atoms with Crippen molar-refractivity contribution in [2.24, 2.45) is 0 Å². The third-order valence-electron chi connectivity index (χ3n) is 3.09. The number of nitrogens with one attached hydrogen (secondary N) is 1. The van der Waals surface area contributed by atoms with Crippen molar-refractivity contribution >= 4 is 17.0 Å². The molecule has 1 fully saturated rings. The Balaban J connectivity index is 1.87. The SMILES string of the molecule is CN1CCN(c2ccc3[nH]cnc3n2)CC1. The van der Waals surface area contributed by atoms with Crippen LogP contribution >= 0.6 is 0 Å². The predicted octanol–water partition coefficient (Wildman–Crippen LogP) is 0.710. The lowest BCUT2D eigenvalue weighted by molar-refractivity contribution is 0.312. The average molecular weight is 217 g/mol. The van der Waals surface area contributed by atoms with Gasteiger partial charge in [0.05, 0.1) is 11.8 Å². The molecule has 3 rings (SSSR count). The third-order valence-corrected chi connectivity index (χ3v) is 3.09. The molecule has 0 aromatic carbocycles. The van der Waals surface area contributed by atoms with Crippen molar-refractivity contribution in [1.29, 1.82) is 0 Å². The highest BCUT2D eigenvalue weighted by molar-refractivity contribution is 5.72. The van der Waals surface area contributed by atoms with Gasteiger partial charge in [-0.05, 0) is 19.2 Å². The zero-order valence-electron chi connectivity index (χ0n) is 9.35. The summed E-state index contributed by atoms with van der Waals surface area (Å²) in [7, 11) is 2.15. The minimum absolute atomic E-state index is 0.802. The molecule has 0 unspecified atom stereocenters. The van der Waals surface area contributed by atoms with Gasteiger partial charge in [0.2, 0.25) is 0 Å². The first kappa shape index (κ1) is 9.59. The van der Waals surface area contributed by atoms with Crippen LogP contribution in [0.1, 0.15) is 0 Å². The summed E-state index contributed by atoms with van der Waals surface area (Å²) in [5.41, 5.74) is 1.80. The van der Waals surface area contributed by atoms with Gasteiger partial charge in [-0.2, -0.15) is 0 Å². The molecule has 0 saturated carbocycles. The average Bonchev–Trinajstić information content (AvgIpc) is 2.77. The molecule has 1 aliphatic rings. The summed E-state index contributed by atoms with van der Waals surface area (Å²) in [6.45, 7) is 4.28. The lowest BCUT2D eigenvalue weighted by Crippen LogP contribution is -2.44. The number of aromatic nitrogens is 3. The Kier molecular flexibility index (Phi) is 2.25. The van der Waals surface area contributed by atoms with Gasteiger partial charge in [-0.25, -0.2) is 9.97 Å². The maximum Gasteiger partial charge on any atom is 0.179 e. The highest BCUT2D eigenvalue weighted by Crippen LogP contribution is 2.16. The number of hydrogen-bond acceptors (Lipinski definition) is 4. The number of imidazole rings is 1. The molecule has 1 N–H and O–H groups in total. The highest BCUT2D eigenvalue weighted by Gasteiger charge is 2.15. The van der Waals surface area contributed by atoms with Crippen LogP contribution in [0.2, 0.25) is 0 Å². The van der Waals surface area contributed by atoms with Crippen LogP contribution in [0.5, 0.6) is 0 Å². The summed E-state index contributed by atoms with van der Waals surface area (Å²) in [6, 6.07) is 4.11. The topological polar surface area (TPSA) is 48.0 Å². The Labute approximate surface area is 94.1 Å². The molecule has 0 atom stereocenters. The number of rotatable bonds is 1. The van der Waals surface area contributed by atoms with Crippen LogP contribution in [0.25, 0.3) is 11.2 Å². The second-order valence-electron chi connectivity index (χ2n) is 4.23. The molecule has 84 valence electrons. The van der Waals surface area contributed by atoms with Gasteiger partial charge in [0.15, 0.2) is 5.65 Å². The van der Waals surface area contributed by atoms with Crippen molar-refractivity contribution in [3.05, 3.63) is 18.5 Å². The molecule has 0 bridgehead atoms. The smallest absolute Gasteiger partial charge is 0.179 e. The fourth-order valence-electron chi connectivity index (χ4n) is 2.02. The fourth-order valence-corrected chi connectivity index (χ4v) is 2.02. The summed E-state index contributed by atoms with van der Waals surface area (Å²) >= 11 is 0. The quantitative estimate of drug-likeness (QED) is 0.764. The van der Waals surface area contributed by atoms with Crippen LogP contribution in [0.3, 0.4) is 0 Å². The van der Waals surface area contributed by atoms with E-state index in [1.165, 1.54) is 0 Å². The molecule has 0 spiro atoms. The number of aromatic amines is 1. The monoisotopic (exact) mass is 217 g/mol. The zero-order valence-corrected chi connectivity index (χ0v) is 9.35. The summed E-state index contributed by atoms with van der Waals surface area (Å²) in [5.74, 6) is 1.03. The highest BCUT2D eigenvalue weighted by atomic mass is 15.3. The molecule has 0 radical (unpaired) electrons. The van der Waals surface area contributed by atoms with Gasteiger partial charge in [0.1, 0.15) is 5.82 Å². The largest absolute Gasteiger partial charge is 0.354 e. The molecular formula is C11H15N5. The van der Waals surface area contributed by atoms with E-state index in [1.54, 1.807) is 6.33 Å². The number of hydrogen-bond donors (Lipinski definition) is 1. The van der Waals surface area contributed by atoms with E-state index in [9.17, 15) is 0 Å². The number of fused-ring (bicyclic) bond motifs is 1. The first-order chi connectivity index (χ1) is 7.83. The van der Waals surface area contributed by atoms with Gasteiger partial charge < -0.3 is 14.8 Å². The van der Waals surface area contributed by atoms with Crippen molar-refractivity contribution < 1.29 is 0 Å². The summed E-state index contributed by atoms with van der Waals surface area (Å²) in [4.78, 5) is 16.4. The number of H-pyrrole nitrogens is 1. The zero-order chi connectivity index (χ0) is 11.0. The molecule has 1 aliphatic heterocycles. The van der Waals surface area contributed by atoms with E-state index in [0.29, 0.717) is 0 Å². The molecule has 5 heteroatoms. The number of likely N-dealkylation sites (N-methyl/N-ethyl adjacent to an activating group) is 1. The van der Waals surface area contributed by atoms with Crippen molar-refractivity contribution in [3.63, 3.8) is 0 Å². The maximum atomic E-state index is 4.55. The Bertz CT molecular complexity index is 484. The normalized spacial score (nSPS) is 18.2. The number of nitrogens with zero attached hydrogens (tertiary/aromatic N) is 4. The lowest BCUT2D eigenvalue weighted by atomic mass is 10.3. The van der Waals surface area contributed by atoms with Crippen LogP contribution in [-0.4, -0.2) is 53.1 Å². The van der Waals surface area contributed by atoms with E-state index in [1.807, 2.05) is 6.07 Å². The molecular weight excluding hydrogens is 202 g/mol. The van der Waals surface area contributed by atoms with Crippen molar-refractivity contribution in [2.45, 2.75) is 0 Å². The fraction of sp³-hybridized carbons (Fsp3) is 0.455. The van der Waals surface area contributed by atoms with Gasteiger partial charge in [-0.15, -0.1) is 0 Å². The molecule has 2 aromatic heterocycles. The van der Waals surface area contributed by atoms with Gasteiger partial charge in [0, 0.05) is 26.2 Å². The number of pyridine rings is 1. The van der Waals surface area contributed by atoms with Crippen LogP contribution in [0.15, 0.2) is 18.5 Å². The second-order valence-corrected chi connectivity index (χ2v) is 4.23. The molecule has 1 saturated heterocycles. The van der Waals surface area contributed by atoms with Gasteiger partial charge in [0.25, 0.3) is 0 Å². The van der Waals surface area contributed by atoms with Crippen molar-refractivity contribution in [3.8, 4) is 0 Å². The Morgan fingerprint density at radius 1 is 1.19 bits per heavy atom. The molecule has 3 heterocycles. The van der Waals surface area contributed by atoms with E-state index in [4.69, 9.17) is 0 Å². The maximum absolute atomic E-state index is 4.55.